The molecule has 6 heteroatoms. The summed E-state index contributed by atoms with van der Waals surface area (Å²) in [7, 11) is 0. The molecule has 2 aromatic rings. The summed E-state index contributed by atoms with van der Waals surface area (Å²) in [5, 5.41) is 12.1. The Labute approximate surface area is 145 Å². The van der Waals surface area contributed by atoms with Crippen LogP contribution in [-0.2, 0) is 9.59 Å². The third-order valence-corrected chi connectivity index (χ3v) is 4.32. The molecule has 128 valence electrons. The van der Waals surface area contributed by atoms with E-state index >= 15 is 0 Å². The second-order valence-electron chi connectivity index (χ2n) is 6.09. The summed E-state index contributed by atoms with van der Waals surface area (Å²) in [4.78, 5) is 37.0. The maximum atomic E-state index is 12.7. The van der Waals surface area contributed by atoms with Gasteiger partial charge >= 0.3 is 5.97 Å². The van der Waals surface area contributed by atoms with Crippen molar-refractivity contribution < 1.29 is 19.5 Å². The lowest BCUT2D eigenvalue weighted by atomic mass is 10.1. The van der Waals surface area contributed by atoms with Crippen LogP contribution in [0, 0.1) is 13.8 Å². The predicted octanol–water partition coefficient (Wildman–Crippen LogP) is 2.75. The summed E-state index contributed by atoms with van der Waals surface area (Å²) in [6, 6.07) is 10.9. The number of hydrogen-bond acceptors (Lipinski definition) is 4. The van der Waals surface area contributed by atoms with E-state index in [2.05, 4.69) is 5.32 Å². The number of aryl methyl sites for hydroxylation is 2. The fraction of sp³-hybridized carbons (Fsp3) is 0.211. The van der Waals surface area contributed by atoms with Gasteiger partial charge < -0.3 is 10.4 Å². The van der Waals surface area contributed by atoms with Gasteiger partial charge in [-0.1, -0.05) is 18.2 Å². The summed E-state index contributed by atoms with van der Waals surface area (Å²) in [6.07, 6.45) is 0.0628. The number of rotatable bonds is 4. The van der Waals surface area contributed by atoms with Crippen LogP contribution in [0.1, 0.15) is 27.9 Å². The number of carboxylic acid groups (broad SMARTS) is 1. The standard InChI is InChI=1S/C19H18N2O4/c1-11-4-3-5-12(2)17(11)20-15-10-16(22)21(18(15)23)14-8-6-13(7-9-14)19(24)25/h3-9,15,20H,10H2,1-2H3,(H,24,25). The number of carbonyl (C=O) groups excluding carboxylic acids is 2. The molecule has 1 atom stereocenters. The van der Waals surface area contributed by atoms with E-state index in [-0.39, 0.29) is 23.8 Å². The van der Waals surface area contributed by atoms with Crippen molar-refractivity contribution >= 4 is 29.2 Å². The van der Waals surface area contributed by atoms with Crippen molar-refractivity contribution in [2.45, 2.75) is 26.3 Å². The maximum Gasteiger partial charge on any atom is 0.335 e. The van der Waals surface area contributed by atoms with Crippen LogP contribution in [0.15, 0.2) is 42.5 Å². The van der Waals surface area contributed by atoms with Gasteiger partial charge in [0, 0.05) is 5.69 Å². The summed E-state index contributed by atoms with van der Waals surface area (Å²) in [5.74, 6) is -1.70. The Morgan fingerprint density at radius 1 is 1.08 bits per heavy atom. The van der Waals surface area contributed by atoms with Gasteiger partial charge in [0.15, 0.2) is 0 Å². The number of hydrogen-bond donors (Lipinski definition) is 2. The molecule has 0 saturated carbocycles. The molecule has 1 unspecified atom stereocenters. The Kier molecular flexibility index (Phi) is 4.27. The molecule has 2 amide bonds. The SMILES string of the molecule is Cc1cccc(C)c1NC1CC(=O)N(c2ccc(C(=O)O)cc2)C1=O. The van der Waals surface area contributed by atoms with Crippen molar-refractivity contribution in [1.82, 2.24) is 0 Å². The molecule has 2 aromatic carbocycles. The van der Waals surface area contributed by atoms with Crippen LogP contribution in [0.25, 0.3) is 0 Å². The summed E-state index contributed by atoms with van der Waals surface area (Å²) >= 11 is 0. The molecule has 1 fully saturated rings. The molecule has 1 aliphatic heterocycles. The number of nitrogens with zero attached hydrogens (tertiary/aromatic N) is 1. The second-order valence-corrected chi connectivity index (χ2v) is 6.09. The van der Waals surface area contributed by atoms with E-state index in [0.29, 0.717) is 5.69 Å². The van der Waals surface area contributed by atoms with Crippen LogP contribution < -0.4 is 10.2 Å². The van der Waals surface area contributed by atoms with Crippen molar-refractivity contribution in [2.24, 2.45) is 0 Å². The number of nitrogens with one attached hydrogen (secondary N) is 1. The number of carbonyl (C=O) groups is 3. The Bertz CT molecular complexity index is 838. The molecule has 3 rings (SSSR count). The lowest BCUT2D eigenvalue weighted by molar-refractivity contribution is -0.121. The Balaban J connectivity index is 1.84. The highest BCUT2D eigenvalue weighted by Gasteiger charge is 2.39. The van der Waals surface area contributed by atoms with Crippen molar-refractivity contribution in [2.75, 3.05) is 10.2 Å². The zero-order valence-electron chi connectivity index (χ0n) is 13.9. The largest absolute Gasteiger partial charge is 0.478 e. The number of benzene rings is 2. The van der Waals surface area contributed by atoms with E-state index in [4.69, 9.17) is 5.11 Å². The average Bonchev–Trinajstić information content (AvgIpc) is 2.85. The maximum absolute atomic E-state index is 12.7. The van der Waals surface area contributed by atoms with Crippen LogP contribution in [-0.4, -0.2) is 28.9 Å². The first-order chi connectivity index (χ1) is 11.9. The van der Waals surface area contributed by atoms with Gasteiger partial charge in [0.1, 0.15) is 6.04 Å². The number of para-hydroxylation sites is 1. The number of carboxylic acids is 1. The monoisotopic (exact) mass is 338 g/mol. The molecule has 0 bridgehead atoms. The lowest BCUT2D eigenvalue weighted by Gasteiger charge is -2.18. The molecule has 2 N–H and O–H groups in total. The number of aromatic carboxylic acids is 1. The molecule has 1 saturated heterocycles. The highest BCUT2D eigenvalue weighted by molar-refractivity contribution is 6.23. The normalized spacial score (nSPS) is 17.0. The zero-order valence-corrected chi connectivity index (χ0v) is 13.9. The molecule has 1 heterocycles. The fourth-order valence-electron chi connectivity index (χ4n) is 2.99. The smallest absolute Gasteiger partial charge is 0.335 e. The van der Waals surface area contributed by atoms with E-state index in [0.717, 1.165) is 21.7 Å². The highest BCUT2D eigenvalue weighted by atomic mass is 16.4. The topological polar surface area (TPSA) is 86.7 Å². The summed E-state index contributed by atoms with van der Waals surface area (Å²) in [6.45, 7) is 3.89. The van der Waals surface area contributed by atoms with Gasteiger partial charge in [0.05, 0.1) is 17.7 Å². The number of amides is 2. The van der Waals surface area contributed by atoms with Crippen molar-refractivity contribution in [3.8, 4) is 0 Å². The average molecular weight is 338 g/mol. The van der Waals surface area contributed by atoms with Crippen LogP contribution in [0.3, 0.4) is 0 Å². The van der Waals surface area contributed by atoms with Crippen LogP contribution in [0.5, 0.6) is 0 Å². The second kappa shape index (κ2) is 6.39. The van der Waals surface area contributed by atoms with Crippen molar-refractivity contribution in [3.63, 3.8) is 0 Å². The van der Waals surface area contributed by atoms with E-state index < -0.39 is 12.0 Å². The van der Waals surface area contributed by atoms with E-state index in [1.54, 1.807) is 0 Å². The number of anilines is 2. The highest BCUT2D eigenvalue weighted by Crippen LogP contribution is 2.27. The minimum Gasteiger partial charge on any atom is -0.478 e. The Morgan fingerprint density at radius 3 is 2.24 bits per heavy atom. The molecule has 0 aliphatic carbocycles. The van der Waals surface area contributed by atoms with Gasteiger partial charge in [-0.15, -0.1) is 0 Å². The van der Waals surface area contributed by atoms with Crippen LogP contribution in [0.2, 0.25) is 0 Å². The Hall–Kier alpha value is -3.15. The predicted molar refractivity (Wildman–Crippen MR) is 93.8 cm³/mol. The van der Waals surface area contributed by atoms with Crippen molar-refractivity contribution in [1.29, 1.82) is 0 Å². The first-order valence-electron chi connectivity index (χ1n) is 7.91. The van der Waals surface area contributed by atoms with Crippen LogP contribution >= 0.6 is 0 Å². The molecule has 0 radical (unpaired) electrons. The van der Waals surface area contributed by atoms with Gasteiger partial charge in [0.2, 0.25) is 5.91 Å². The zero-order chi connectivity index (χ0) is 18.1. The van der Waals surface area contributed by atoms with E-state index in [1.165, 1.54) is 24.3 Å². The quantitative estimate of drug-likeness (QED) is 0.837. The molecule has 1 aliphatic rings. The minimum atomic E-state index is -1.06. The molecule has 0 spiro atoms. The first-order valence-corrected chi connectivity index (χ1v) is 7.91. The van der Waals surface area contributed by atoms with Gasteiger partial charge in [-0.05, 0) is 49.2 Å². The molecule has 0 aromatic heterocycles. The lowest BCUT2D eigenvalue weighted by Crippen LogP contribution is -2.35. The fourth-order valence-corrected chi connectivity index (χ4v) is 2.99. The van der Waals surface area contributed by atoms with Crippen molar-refractivity contribution in [3.05, 3.63) is 59.2 Å². The summed E-state index contributed by atoms with van der Waals surface area (Å²) < 4.78 is 0. The first kappa shape index (κ1) is 16.7. The summed E-state index contributed by atoms with van der Waals surface area (Å²) in [5.41, 5.74) is 3.35. The van der Waals surface area contributed by atoms with Gasteiger partial charge in [-0.25, -0.2) is 9.69 Å². The minimum absolute atomic E-state index is 0.0628. The molecular weight excluding hydrogens is 320 g/mol. The van der Waals surface area contributed by atoms with E-state index in [9.17, 15) is 14.4 Å². The van der Waals surface area contributed by atoms with Gasteiger partial charge in [-0.3, -0.25) is 9.59 Å². The number of imide groups is 1. The van der Waals surface area contributed by atoms with Crippen LogP contribution in [0.4, 0.5) is 11.4 Å². The third kappa shape index (κ3) is 3.10. The van der Waals surface area contributed by atoms with E-state index in [1.807, 2.05) is 32.0 Å². The van der Waals surface area contributed by atoms with Gasteiger partial charge in [0.25, 0.3) is 5.91 Å². The third-order valence-electron chi connectivity index (χ3n) is 4.32. The molecule has 25 heavy (non-hydrogen) atoms. The molecular formula is C19H18N2O4. The molecule has 6 nitrogen and oxygen atoms in total. The Morgan fingerprint density at radius 2 is 1.68 bits per heavy atom. The van der Waals surface area contributed by atoms with Gasteiger partial charge in [-0.2, -0.15) is 0 Å².